The molecule has 1 rings (SSSR count). The van der Waals surface area contributed by atoms with E-state index in [0.29, 0.717) is 6.42 Å². The van der Waals surface area contributed by atoms with Crippen molar-refractivity contribution in [1.29, 1.82) is 0 Å². The van der Waals surface area contributed by atoms with Crippen molar-refractivity contribution < 1.29 is 34.2 Å². The average Bonchev–Trinajstić information content (AvgIpc) is 2.24. The van der Waals surface area contributed by atoms with Crippen LogP contribution in [0.5, 0.6) is 0 Å². The van der Waals surface area contributed by atoms with Gasteiger partial charge in [0.15, 0.2) is 0 Å². The number of aliphatic carboxylic acids is 1. The minimum Gasteiger partial charge on any atom is -0.481 e. The van der Waals surface area contributed by atoms with Crippen molar-refractivity contribution in [2.24, 2.45) is 0 Å². The maximum Gasteiger partial charge on any atom is 0.335 e. The van der Waals surface area contributed by atoms with Gasteiger partial charge in [0.25, 0.3) is 0 Å². The van der Waals surface area contributed by atoms with E-state index in [1.807, 2.05) is 0 Å². The number of carbonyl (C=O) groups is 2. The van der Waals surface area contributed by atoms with Crippen LogP contribution < -0.4 is 0 Å². The third kappa shape index (κ3) is 11.1. The molecule has 0 unspecified atom stereocenters. The first-order valence-electron chi connectivity index (χ1n) is 5.16. The molecule has 4 N–H and O–H groups in total. The van der Waals surface area contributed by atoms with Crippen LogP contribution in [-0.4, -0.2) is 38.6 Å². The smallest absolute Gasteiger partial charge is 0.335 e. The molecule has 1 aromatic carbocycles. The van der Waals surface area contributed by atoms with Gasteiger partial charge in [0.1, 0.15) is 0 Å². The summed E-state index contributed by atoms with van der Waals surface area (Å²) in [6.07, 6.45) is 0.488. The third-order valence-corrected chi connectivity index (χ3v) is 1.83. The van der Waals surface area contributed by atoms with Crippen LogP contribution in [-0.2, 0) is 15.8 Å². The zero-order chi connectivity index (χ0) is 15.1. The quantitative estimate of drug-likeness (QED) is 0.612. The second-order valence-corrected chi connectivity index (χ2v) is 5.40. The Kier molecular flexibility index (Phi) is 7.00. The summed E-state index contributed by atoms with van der Waals surface area (Å²) < 4.78 is 9.33. The van der Waals surface area contributed by atoms with E-state index in [4.69, 9.17) is 20.0 Å². The molecule has 0 aliphatic rings. The van der Waals surface area contributed by atoms with Crippen LogP contribution in [0.15, 0.2) is 24.3 Å². The summed E-state index contributed by atoms with van der Waals surface area (Å²) in [6, 6.07) is 6.21. The summed E-state index contributed by atoms with van der Waals surface area (Å²) in [5.41, 5.74) is 1.04. The molecule has 0 bridgehead atoms. The SMILES string of the molecule is CP(=O)(O)O.O=C(O)CCc1ccc(C(=O)O)cc1. The number of hydrogen-bond acceptors (Lipinski definition) is 3. The van der Waals surface area contributed by atoms with Crippen molar-refractivity contribution in [3.63, 3.8) is 0 Å². The van der Waals surface area contributed by atoms with Gasteiger partial charge in [-0.25, -0.2) is 4.79 Å². The predicted molar refractivity (Wildman–Crippen MR) is 67.3 cm³/mol. The van der Waals surface area contributed by atoms with Gasteiger partial charge in [-0.3, -0.25) is 9.36 Å². The molecule has 0 heterocycles. The summed E-state index contributed by atoms with van der Waals surface area (Å²) in [5, 5.41) is 17.0. The molecule has 106 valence electrons. The highest BCUT2D eigenvalue weighted by Crippen LogP contribution is 2.26. The van der Waals surface area contributed by atoms with Gasteiger partial charge in [0, 0.05) is 13.1 Å². The number of carboxylic acid groups (broad SMARTS) is 2. The maximum atomic E-state index is 10.5. The first-order chi connectivity index (χ1) is 8.59. The second-order valence-electron chi connectivity index (χ2n) is 3.73. The lowest BCUT2D eigenvalue weighted by Gasteiger charge is -1.99. The fourth-order valence-corrected chi connectivity index (χ4v) is 1.07. The lowest BCUT2D eigenvalue weighted by Crippen LogP contribution is -1.99. The summed E-state index contributed by atoms with van der Waals surface area (Å²) in [4.78, 5) is 36.0. The monoisotopic (exact) mass is 290 g/mol. The van der Waals surface area contributed by atoms with Gasteiger partial charge in [-0.2, -0.15) is 0 Å². The molecule has 0 radical (unpaired) electrons. The molecule has 0 aliphatic carbocycles. The summed E-state index contributed by atoms with van der Waals surface area (Å²) >= 11 is 0. The zero-order valence-electron chi connectivity index (χ0n) is 10.2. The van der Waals surface area contributed by atoms with Crippen molar-refractivity contribution in [2.75, 3.05) is 6.66 Å². The minimum atomic E-state index is -3.64. The van der Waals surface area contributed by atoms with Crippen molar-refractivity contribution >= 4 is 19.5 Å². The van der Waals surface area contributed by atoms with Gasteiger partial charge in [0.2, 0.25) is 0 Å². The highest BCUT2D eigenvalue weighted by Gasteiger charge is 2.02. The molecule has 0 fully saturated rings. The van der Waals surface area contributed by atoms with Crippen LogP contribution in [0.25, 0.3) is 0 Å². The number of aryl methyl sites for hydroxylation is 1. The van der Waals surface area contributed by atoms with E-state index >= 15 is 0 Å². The Morgan fingerprint density at radius 1 is 1.11 bits per heavy atom. The molecule has 8 heteroatoms. The van der Waals surface area contributed by atoms with Crippen LogP contribution >= 0.6 is 7.60 Å². The Morgan fingerprint density at radius 2 is 1.53 bits per heavy atom. The number of benzene rings is 1. The van der Waals surface area contributed by atoms with Gasteiger partial charge < -0.3 is 20.0 Å². The lowest BCUT2D eigenvalue weighted by atomic mass is 10.1. The van der Waals surface area contributed by atoms with Gasteiger partial charge in [-0.15, -0.1) is 0 Å². The Bertz CT molecular complexity index is 466. The predicted octanol–water partition coefficient (Wildman–Crippen LogP) is 1.20. The minimum absolute atomic E-state index is 0.0619. The van der Waals surface area contributed by atoms with Crippen LogP contribution in [0.1, 0.15) is 22.3 Å². The highest BCUT2D eigenvalue weighted by molar-refractivity contribution is 7.50. The average molecular weight is 290 g/mol. The zero-order valence-corrected chi connectivity index (χ0v) is 11.1. The van der Waals surface area contributed by atoms with E-state index < -0.39 is 19.5 Å². The molecule has 0 atom stereocenters. The molecule has 1 aromatic rings. The largest absolute Gasteiger partial charge is 0.481 e. The number of hydrogen-bond donors (Lipinski definition) is 4. The van der Waals surface area contributed by atoms with E-state index in [2.05, 4.69) is 0 Å². The van der Waals surface area contributed by atoms with E-state index in [-0.39, 0.29) is 12.0 Å². The van der Waals surface area contributed by atoms with E-state index in [9.17, 15) is 14.2 Å². The fourth-order valence-electron chi connectivity index (χ4n) is 1.07. The molecule has 0 amide bonds. The standard InChI is InChI=1S/C10H10O4.CH5O3P/c11-9(12)6-3-7-1-4-8(5-2-7)10(13)14;1-5(2,3)4/h1-2,4-5H,3,6H2,(H,11,12)(H,13,14);1H3,(H2,2,3,4). The Morgan fingerprint density at radius 3 is 1.84 bits per heavy atom. The molecule has 0 aromatic heterocycles. The Hall–Kier alpha value is -1.69. The van der Waals surface area contributed by atoms with Crippen LogP contribution in [0, 0.1) is 0 Å². The van der Waals surface area contributed by atoms with Gasteiger partial charge >= 0.3 is 19.5 Å². The van der Waals surface area contributed by atoms with Gasteiger partial charge in [-0.1, -0.05) is 12.1 Å². The Balaban J connectivity index is 0.000000555. The topological polar surface area (TPSA) is 132 Å². The molecular weight excluding hydrogens is 275 g/mol. The first-order valence-corrected chi connectivity index (χ1v) is 7.22. The molecule has 7 nitrogen and oxygen atoms in total. The van der Waals surface area contributed by atoms with Crippen LogP contribution in [0.2, 0.25) is 0 Å². The molecule has 0 aliphatic heterocycles. The molecule has 0 saturated heterocycles. The summed E-state index contributed by atoms with van der Waals surface area (Å²) in [6.45, 7) is 0.854. The summed E-state index contributed by atoms with van der Waals surface area (Å²) in [5.74, 6) is -1.83. The molecule has 0 spiro atoms. The molecule has 19 heavy (non-hydrogen) atoms. The highest BCUT2D eigenvalue weighted by atomic mass is 31.2. The van der Waals surface area contributed by atoms with Crippen LogP contribution in [0.3, 0.4) is 0 Å². The third-order valence-electron chi connectivity index (χ3n) is 1.83. The van der Waals surface area contributed by atoms with Crippen molar-refractivity contribution in [1.82, 2.24) is 0 Å². The Labute approximate surface area is 109 Å². The first kappa shape index (κ1) is 17.3. The van der Waals surface area contributed by atoms with E-state index in [0.717, 1.165) is 12.2 Å². The van der Waals surface area contributed by atoms with Crippen molar-refractivity contribution in [3.05, 3.63) is 35.4 Å². The number of carboxylic acids is 2. The maximum absolute atomic E-state index is 10.5. The van der Waals surface area contributed by atoms with E-state index in [1.54, 1.807) is 12.1 Å². The second kappa shape index (κ2) is 7.68. The normalized spacial score (nSPS) is 10.3. The van der Waals surface area contributed by atoms with Gasteiger partial charge in [-0.05, 0) is 24.1 Å². The number of aromatic carboxylic acids is 1. The summed E-state index contributed by atoms with van der Waals surface area (Å²) in [7, 11) is -3.64. The van der Waals surface area contributed by atoms with Gasteiger partial charge in [0.05, 0.1) is 5.56 Å². The van der Waals surface area contributed by atoms with Crippen molar-refractivity contribution in [3.8, 4) is 0 Å². The van der Waals surface area contributed by atoms with Crippen LogP contribution in [0.4, 0.5) is 0 Å². The van der Waals surface area contributed by atoms with E-state index in [1.165, 1.54) is 12.1 Å². The molecular formula is C11H15O7P. The fraction of sp³-hybridized carbons (Fsp3) is 0.273. The molecule has 0 saturated carbocycles. The number of rotatable bonds is 4. The lowest BCUT2D eigenvalue weighted by molar-refractivity contribution is -0.136. The van der Waals surface area contributed by atoms with Crippen molar-refractivity contribution in [2.45, 2.75) is 12.8 Å².